The number of aromatic amines is 1. The minimum absolute atomic E-state index is 0.0139. The summed E-state index contributed by atoms with van der Waals surface area (Å²) in [7, 11) is 0. The van der Waals surface area contributed by atoms with Crippen molar-refractivity contribution in [2.24, 2.45) is 0 Å². The first-order chi connectivity index (χ1) is 10.7. The number of carbonyl (C=O) groups is 1. The summed E-state index contributed by atoms with van der Waals surface area (Å²) in [5.74, 6) is 0.0139. The van der Waals surface area contributed by atoms with E-state index in [1.54, 1.807) is 6.07 Å². The maximum absolute atomic E-state index is 12.3. The number of amides is 1. The van der Waals surface area contributed by atoms with Gasteiger partial charge in [0.1, 0.15) is 11.3 Å². The first-order valence-electron chi connectivity index (χ1n) is 8.35. The standard InChI is InChI=1S/C16H24N4O2/c1-12-7-14(18-17-12)15(21)20-10-16(11-20)8-13(9-22-16)19-5-3-2-4-6-19/h7,13H,2-6,8-11H2,1H3,(H,17,18). The van der Waals surface area contributed by atoms with E-state index in [-0.39, 0.29) is 11.5 Å². The molecule has 0 aliphatic carbocycles. The van der Waals surface area contributed by atoms with Gasteiger partial charge in [0.2, 0.25) is 0 Å². The van der Waals surface area contributed by atoms with Gasteiger partial charge >= 0.3 is 0 Å². The van der Waals surface area contributed by atoms with Crippen molar-refractivity contribution in [2.45, 2.75) is 44.2 Å². The van der Waals surface area contributed by atoms with E-state index in [1.165, 1.54) is 32.4 Å². The van der Waals surface area contributed by atoms with Crippen LogP contribution in [0.1, 0.15) is 41.9 Å². The number of hydrogen-bond acceptors (Lipinski definition) is 4. The van der Waals surface area contributed by atoms with Crippen molar-refractivity contribution in [1.82, 2.24) is 20.0 Å². The van der Waals surface area contributed by atoms with E-state index >= 15 is 0 Å². The summed E-state index contributed by atoms with van der Waals surface area (Å²) in [4.78, 5) is 16.8. The molecule has 6 nitrogen and oxygen atoms in total. The third-order valence-corrected chi connectivity index (χ3v) is 5.27. The number of likely N-dealkylation sites (tertiary alicyclic amines) is 2. The monoisotopic (exact) mass is 304 g/mol. The number of piperidine rings is 1. The highest BCUT2D eigenvalue weighted by Crippen LogP contribution is 2.38. The second-order valence-corrected chi connectivity index (χ2v) is 7.05. The molecule has 4 heterocycles. The van der Waals surface area contributed by atoms with E-state index in [2.05, 4.69) is 15.1 Å². The van der Waals surface area contributed by atoms with E-state index in [0.29, 0.717) is 24.8 Å². The minimum atomic E-state index is -0.0941. The van der Waals surface area contributed by atoms with Gasteiger partial charge in [-0.1, -0.05) is 6.42 Å². The predicted molar refractivity (Wildman–Crippen MR) is 81.7 cm³/mol. The molecule has 3 aliphatic heterocycles. The van der Waals surface area contributed by atoms with Crippen LogP contribution in [-0.4, -0.2) is 70.3 Å². The maximum Gasteiger partial charge on any atom is 0.274 e. The van der Waals surface area contributed by atoms with Crippen LogP contribution in [-0.2, 0) is 4.74 Å². The van der Waals surface area contributed by atoms with Crippen molar-refractivity contribution in [2.75, 3.05) is 32.8 Å². The van der Waals surface area contributed by atoms with Crippen molar-refractivity contribution in [1.29, 1.82) is 0 Å². The molecular formula is C16H24N4O2. The minimum Gasteiger partial charge on any atom is -0.370 e. The number of nitrogens with one attached hydrogen (secondary N) is 1. The molecule has 0 radical (unpaired) electrons. The Labute approximate surface area is 130 Å². The third-order valence-electron chi connectivity index (χ3n) is 5.27. The predicted octanol–water partition coefficient (Wildman–Crippen LogP) is 1.19. The van der Waals surface area contributed by atoms with E-state index in [4.69, 9.17) is 4.74 Å². The van der Waals surface area contributed by atoms with Gasteiger partial charge in [0, 0.05) is 11.7 Å². The topological polar surface area (TPSA) is 61.5 Å². The first kappa shape index (κ1) is 14.2. The van der Waals surface area contributed by atoms with Crippen LogP contribution in [0.3, 0.4) is 0 Å². The Balaban J connectivity index is 1.34. The molecule has 1 spiro atoms. The van der Waals surface area contributed by atoms with Crippen molar-refractivity contribution in [3.05, 3.63) is 17.5 Å². The van der Waals surface area contributed by atoms with Gasteiger partial charge in [0.25, 0.3) is 5.91 Å². The summed E-state index contributed by atoms with van der Waals surface area (Å²) in [6, 6.07) is 2.35. The number of aromatic nitrogens is 2. The highest BCUT2D eigenvalue weighted by Gasteiger charge is 2.52. The highest BCUT2D eigenvalue weighted by atomic mass is 16.5. The van der Waals surface area contributed by atoms with Crippen LogP contribution in [0.4, 0.5) is 0 Å². The summed E-state index contributed by atoms with van der Waals surface area (Å²) in [6.07, 6.45) is 5.05. The Morgan fingerprint density at radius 2 is 2.14 bits per heavy atom. The second-order valence-electron chi connectivity index (χ2n) is 7.05. The Hall–Kier alpha value is -1.40. The fourth-order valence-electron chi connectivity index (χ4n) is 4.04. The Morgan fingerprint density at radius 1 is 1.36 bits per heavy atom. The summed E-state index contributed by atoms with van der Waals surface area (Å²) in [5, 5.41) is 6.89. The summed E-state index contributed by atoms with van der Waals surface area (Å²) < 4.78 is 6.10. The first-order valence-corrected chi connectivity index (χ1v) is 8.35. The van der Waals surface area contributed by atoms with Gasteiger partial charge in [0.15, 0.2) is 0 Å². The average Bonchev–Trinajstić information content (AvgIpc) is 3.12. The number of nitrogens with zero attached hydrogens (tertiary/aromatic N) is 3. The lowest BCUT2D eigenvalue weighted by atomic mass is 9.88. The zero-order valence-electron chi connectivity index (χ0n) is 13.2. The van der Waals surface area contributed by atoms with Crippen LogP contribution in [0, 0.1) is 6.92 Å². The molecule has 1 aromatic rings. The number of rotatable bonds is 2. The molecule has 3 fully saturated rings. The van der Waals surface area contributed by atoms with Crippen molar-refractivity contribution < 1.29 is 9.53 Å². The molecule has 0 saturated carbocycles. The van der Waals surface area contributed by atoms with Crippen molar-refractivity contribution in [3.8, 4) is 0 Å². The lowest BCUT2D eigenvalue weighted by molar-refractivity contribution is -0.0952. The molecule has 3 saturated heterocycles. The molecule has 0 bridgehead atoms. The quantitative estimate of drug-likeness (QED) is 0.891. The van der Waals surface area contributed by atoms with Crippen molar-refractivity contribution >= 4 is 5.91 Å². The van der Waals surface area contributed by atoms with Gasteiger partial charge in [-0.25, -0.2) is 0 Å². The van der Waals surface area contributed by atoms with Crippen molar-refractivity contribution in [3.63, 3.8) is 0 Å². The Bertz CT molecular complexity index is 558. The zero-order valence-corrected chi connectivity index (χ0v) is 13.2. The lowest BCUT2D eigenvalue weighted by Gasteiger charge is -2.47. The molecule has 1 amide bonds. The van der Waals surface area contributed by atoms with Crippen LogP contribution >= 0.6 is 0 Å². The Kier molecular flexibility index (Phi) is 3.46. The van der Waals surface area contributed by atoms with Gasteiger partial charge in [-0.05, 0) is 45.3 Å². The number of ether oxygens (including phenoxy) is 1. The summed E-state index contributed by atoms with van der Waals surface area (Å²) in [6.45, 7) is 6.57. The van der Waals surface area contributed by atoms with E-state index < -0.39 is 0 Å². The smallest absolute Gasteiger partial charge is 0.274 e. The summed E-state index contributed by atoms with van der Waals surface area (Å²) in [5.41, 5.74) is 1.34. The molecule has 4 rings (SSSR count). The second kappa shape index (κ2) is 5.35. The number of aryl methyl sites for hydroxylation is 1. The van der Waals surface area contributed by atoms with E-state index in [0.717, 1.165) is 18.7 Å². The van der Waals surface area contributed by atoms with Gasteiger partial charge < -0.3 is 9.64 Å². The molecule has 22 heavy (non-hydrogen) atoms. The SMILES string of the molecule is Cc1cc(C(=O)N2CC3(CC(N4CCCCC4)CO3)C2)n[nH]1. The molecule has 1 atom stereocenters. The van der Waals surface area contributed by atoms with Gasteiger partial charge in [-0.2, -0.15) is 5.10 Å². The normalized spacial score (nSPS) is 28.0. The van der Waals surface area contributed by atoms with Crippen LogP contribution in [0.15, 0.2) is 6.07 Å². The van der Waals surface area contributed by atoms with Gasteiger partial charge in [-0.3, -0.25) is 14.8 Å². The molecule has 1 unspecified atom stereocenters. The number of H-pyrrole nitrogens is 1. The molecule has 1 N–H and O–H groups in total. The fourth-order valence-corrected chi connectivity index (χ4v) is 4.04. The molecule has 6 heteroatoms. The van der Waals surface area contributed by atoms with Crippen LogP contribution in [0.5, 0.6) is 0 Å². The van der Waals surface area contributed by atoms with Gasteiger partial charge in [0.05, 0.1) is 19.7 Å². The summed E-state index contributed by atoms with van der Waals surface area (Å²) >= 11 is 0. The molecular weight excluding hydrogens is 280 g/mol. The van der Waals surface area contributed by atoms with E-state index in [1.807, 2.05) is 11.8 Å². The van der Waals surface area contributed by atoms with Crippen LogP contribution < -0.4 is 0 Å². The van der Waals surface area contributed by atoms with E-state index in [9.17, 15) is 4.79 Å². The molecule has 3 aliphatic rings. The fraction of sp³-hybridized carbons (Fsp3) is 0.750. The van der Waals surface area contributed by atoms with Crippen LogP contribution in [0.2, 0.25) is 0 Å². The maximum atomic E-state index is 12.3. The molecule has 1 aromatic heterocycles. The number of carbonyl (C=O) groups excluding carboxylic acids is 1. The molecule has 120 valence electrons. The zero-order chi connectivity index (χ0) is 15.2. The molecule has 0 aromatic carbocycles. The van der Waals surface area contributed by atoms with Gasteiger partial charge in [-0.15, -0.1) is 0 Å². The average molecular weight is 304 g/mol. The Morgan fingerprint density at radius 3 is 2.82 bits per heavy atom. The lowest BCUT2D eigenvalue weighted by Crippen LogP contribution is -2.63. The van der Waals surface area contributed by atoms with Crippen LogP contribution in [0.25, 0.3) is 0 Å². The third kappa shape index (κ3) is 2.44. The largest absolute Gasteiger partial charge is 0.370 e. The highest BCUT2D eigenvalue weighted by molar-refractivity contribution is 5.93. The number of hydrogen-bond donors (Lipinski definition) is 1.